The maximum Gasteiger partial charge on any atom is 0.327 e. The van der Waals surface area contributed by atoms with Crippen LogP contribution in [0.5, 0.6) is 0 Å². The molecule has 0 aliphatic carbocycles. The van der Waals surface area contributed by atoms with E-state index in [0.29, 0.717) is 6.61 Å². The second kappa shape index (κ2) is 6.76. The molecular formula is C11H18N2O4. The van der Waals surface area contributed by atoms with Crippen LogP contribution < -0.4 is 10.6 Å². The van der Waals surface area contributed by atoms with Gasteiger partial charge in [0.05, 0.1) is 12.1 Å². The van der Waals surface area contributed by atoms with Gasteiger partial charge in [0.15, 0.2) is 0 Å². The molecule has 96 valence electrons. The second-order valence-electron chi connectivity index (χ2n) is 4.21. The van der Waals surface area contributed by atoms with E-state index in [1.54, 1.807) is 13.8 Å². The number of ether oxygens (including phenoxy) is 1. The van der Waals surface area contributed by atoms with E-state index in [1.807, 2.05) is 0 Å². The van der Waals surface area contributed by atoms with E-state index in [1.165, 1.54) is 7.11 Å². The van der Waals surface area contributed by atoms with E-state index in [2.05, 4.69) is 16.6 Å². The van der Waals surface area contributed by atoms with Crippen LogP contribution in [0.1, 0.15) is 20.3 Å². The molecule has 0 saturated carbocycles. The average molecular weight is 242 g/mol. The van der Waals surface area contributed by atoms with Crippen molar-refractivity contribution in [2.75, 3.05) is 13.7 Å². The summed E-state index contributed by atoms with van der Waals surface area (Å²) >= 11 is 0. The van der Waals surface area contributed by atoms with Crippen molar-refractivity contribution in [3.8, 4) is 12.3 Å². The molecule has 3 N–H and O–H groups in total. The van der Waals surface area contributed by atoms with Crippen LogP contribution >= 0.6 is 0 Å². The summed E-state index contributed by atoms with van der Waals surface area (Å²) in [5.74, 6) is 1.03. The molecule has 0 fully saturated rings. The molecule has 0 aromatic heterocycles. The molecule has 0 saturated heterocycles. The van der Waals surface area contributed by atoms with Gasteiger partial charge in [-0.2, -0.15) is 0 Å². The number of methoxy groups -OCH3 is 1. The van der Waals surface area contributed by atoms with Crippen molar-refractivity contribution in [1.29, 1.82) is 0 Å². The number of aliphatic carboxylic acids is 1. The lowest BCUT2D eigenvalue weighted by Gasteiger charge is -2.26. The zero-order valence-electron chi connectivity index (χ0n) is 10.2. The third-order valence-corrected chi connectivity index (χ3v) is 1.88. The minimum atomic E-state index is -1.16. The van der Waals surface area contributed by atoms with Crippen LogP contribution in [-0.2, 0) is 9.53 Å². The Morgan fingerprint density at radius 3 is 2.53 bits per heavy atom. The smallest absolute Gasteiger partial charge is 0.327 e. The third-order valence-electron chi connectivity index (χ3n) is 1.88. The van der Waals surface area contributed by atoms with Gasteiger partial charge in [0.2, 0.25) is 0 Å². The van der Waals surface area contributed by atoms with E-state index in [9.17, 15) is 9.59 Å². The number of carboxylic acids is 1. The molecular weight excluding hydrogens is 224 g/mol. The van der Waals surface area contributed by atoms with Crippen molar-refractivity contribution in [1.82, 2.24) is 10.6 Å². The van der Waals surface area contributed by atoms with Gasteiger partial charge in [-0.05, 0) is 13.8 Å². The van der Waals surface area contributed by atoms with E-state index in [4.69, 9.17) is 16.3 Å². The Labute approximate surface area is 101 Å². The highest BCUT2D eigenvalue weighted by atomic mass is 16.5. The van der Waals surface area contributed by atoms with Gasteiger partial charge in [0.25, 0.3) is 0 Å². The number of terminal acetylenes is 1. The highest BCUT2D eigenvalue weighted by molar-refractivity contribution is 5.83. The fourth-order valence-corrected chi connectivity index (χ4v) is 1.22. The third kappa shape index (κ3) is 6.43. The van der Waals surface area contributed by atoms with Crippen LogP contribution in [0.4, 0.5) is 4.79 Å². The summed E-state index contributed by atoms with van der Waals surface area (Å²) < 4.78 is 4.92. The van der Waals surface area contributed by atoms with Crippen LogP contribution in [0.25, 0.3) is 0 Å². The number of carbonyl (C=O) groups excluding carboxylic acids is 1. The first kappa shape index (κ1) is 15.3. The van der Waals surface area contributed by atoms with Crippen LogP contribution in [-0.4, -0.2) is 42.4 Å². The molecule has 0 radical (unpaired) electrons. The zero-order valence-corrected chi connectivity index (χ0v) is 10.2. The number of carboxylic acid groups (broad SMARTS) is 1. The molecule has 2 amide bonds. The lowest BCUT2D eigenvalue weighted by atomic mass is 10.1. The number of urea groups is 1. The number of hydrogen-bond acceptors (Lipinski definition) is 3. The number of rotatable bonds is 6. The largest absolute Gasteiger partial charge is 0.480 e. The van der Waals surface area contributed by atoms with Gasteiger partial charge in [0.1, 0.15) is 6.04 Å². The first-order valence-electron chi connectivity index (χ1n) is 5.06. The monoisotopic (exact) mass is 242 g/mol. The van der Waals surface area contributed by atoms with Gasteiger partial charge >= 0.3 is 12.0 Å². The molecule has 0 spiro atoms. The lowest BCUT2D eigenvalue weighted by Crippen LogP contribution is -2.54. The Kier molecular flexibility index (Phi) is 6.07. The maximum atomic E-state index is 11.5. The Morgan fingerprint density at radius 1 is 1.53 bits per heavy atom. The molecule has 0 heterocycles. The zero-order chi connectivity index (χ0) is 13.5. The Hall–Kier alpha value is -1.74. The number of nitrogens with one attached hydrogen (secondary N) is 2. The quantitative estimate of drug-likeness (QED) is 0.580. The van der Waals surface area contributed by atoms with Crippen molar-refractivity contribution in [2.24, 2.45) is 0 Å². The average Bonchev–Trinajstić information content (AvgIpc) is 2.15. The number of carbonyl (C=O) groups is 2. The molecule has 0 aromatic rings. The summed E-state index contributed by atoms with van der Waals surface area (Å²) in [4.78, 5) is 22.3. The summed E-state index contributed by atoms with van der Waals surface area (Å²) in [7, 11) is 1.51. The molecule has 0 bridgehead atoms. The highest BCUT2D eigenvalue weighted by Crippen LogP contribution is 2.02. The summed E-state index contributed by atoms with van der Waals surface area (Å²) in [5, 5.41) is 13.7. The second-order valence-corrected chi connectivity index (χ2v) is 4.21. The Morgan fingerprint density at radius 2 is 2.12 bits per heavy atom. The number of hydrogen-bond donors (Lipinski definition) is 3. The minimum Gasteiger partial charge on any atom is -0.480 e. The molecule has 6 nitrogen and oxygen atoms in total. The molecule has 0 aliphatic heterocycles. The Bertz CT molecular complexity index is 320. The standard InChI is InChI=1S/C11H18N2O4/c1-5-6-8(9(14)15)12-10(16)13-11(2,3)7-17-4/h1,8H,6-7H2,2-4H3,(H,14,15)(H2,12,13,16). The van der Waals surface area contributed by atoms with Crippen molar-refractivity contribution in [3.63, 3.8) is 0 Å². The predicted octanol–water partition coefficient (Wildman–Crippen LogP) is 0.187. The van der Waals surface area contributed by atoms with Gasteiger partial charge in [0, 0.05) is 13.5 Å². The number of amides is 2. The summed E-state index contributed by atoms with van der Waals surface area (Å²) in [5.41, 5.74) is -0.585. The molecule has 17 heavy (non-hydrogen) atoms. The van der Waals surface area contributed by atoms with Gasteiger partial charge in [-0.25, -0.2) is 9.59 Å². The molecule has 0 aromatic carbocycles. The van der Waals surface area contributed by atoms with E-state index in [0.717, 1.165) is 0 Å². The van der Waals surface area contributed by atoms with Crippen molar-refractivity contribution in [2.45, 2.75) is 31.8 Å². The summed E-state index contributed by atoms with van der Waals surface area (Å²) in [6.45, 7) is 3.83. The predicted molar refractivity (Wildman–Crippen MR) is 62.5 cm³/mol. The molecule has 6 heteroatoms. The summed E-state index contributed by atoms with van der Waals surface area (Å²) in [6.07, 6.45) is 4.95. The van der Waals surface area contributed by atoms with Crippen LogP contribution in [0, 0.1) is 12.3 Å². The van der Waals surface area contributed by atoms with Gasteiger partial charge in [-0.3, -0.25) is 0 Å². The fourth-order valence-electron chi connectivity index (χ4n) is 1.22. The van der Waals surface area contributed by atoms with Gasteiger partial charge < -0.3 is 20.5 Å². The lowest BCUT2D eigenvalue weighted by molar-refractivity contribution is -0.139. The van der Waals surface area contributed by atoms with Gasteiger partial charge in [-0.1, -0.05) is 0 Å². The Balaban J connectivity index is 4.34. The first-order valence-corrected chi connectivity index (χ1v) is 5.06. The van der Waals surface area contributed by atoms with Crippen molar-refractivity contribution in [3.05, 3.63) is 0 Å². The van der Waals surface area contributed by atoms with Crippen molar-refractivity contribution < 1.29 is 19.4 Å². The molecule has 1 atom stereocenters. The van der Waals surface area contributed by atoms with E-state index < -0.39 is 23.6 Å². The van der Waals surface area contributed by atoms with E-state index in [-0.39, 0.29) is 6.42 Å². The van der Waals surface area contributed by atoms with E-state index >= 15 is 0 Å². The highest BCUT2D eigenvalue weighted by Gasteiger charge is 2.24. The molecule has 1 unspecified atom stereocenters. The van der Waals surface area contributed by atoms with Gasteiger partial charge in [-0.15, -0.1) is 12.3 Å². The van der Waals surface area contributed by atoms with Crippen LogP contribution in [0.3, 0.4) is 0 Å². The normalized spacial score (nSPS) is 12.4. The maximum absolute atomic E-state index is 11.5. The van der Waals surface area contributed by atoms with Crippen LogP contribution in [0.2, 0.25) is 0 Å². The fraction of sp³-hybridized carbons (Fsp3) is 0.636. The molecule has 0 rings (SSSR count). The first-order chi connectivity index (χ1) is 7.82. The van der Waals surface area contributed by atoms with Crippen LogP contribution in [0.15, 0.2) is 0 Å². The topological polar surface area (TPSA) is 87.7 Å². The molecule has 0 aliphatic rings. The SMILES string of the molecule is C#CCC(NC(=O)NC(C)(C)COC)C(=O)O. The minimum absolute atomic E-state index is 0.0620. The van der Waals surface area contributed by atoms with Crippen molar-refractivity contribution >= 4 is 12.0 Å². The summed E-state index contributed by atoms with van der Waals surface area (Å²) in [6, 6.07) is -1.67.